The second kappa shape index (κ2) is 6.08. The van der Waals surface area contributed by atoms with Crippen molar-refractivity contribution in [2.45, 2.75) is 37.6 Å². The van der Waals surface area contributed by atoms with Crippen LogP contribution < -0.4 is 4.74 Å². The molecule has 122 valence electrons. The summed E-state index contributed by atoms with van der Waals surface area (Å²) >= 11 is 0. The molecule has 0 aromatic heterocycles. The Bertz CT molecular complexity index is 520. The number of likely N-dealkylation sites (tertiary alicyclic amines) is 1. The molecule has 3 atom stereocenters. The zero-order chi connectivity index (χ0) is 15.7. The van der Waals surface area contributed by atoms with E-state index in [1.54, 1.807) is 0 Å². The maximum atomic E-state index is 12.6. The van der Waals surface area contributed by atoms with E-state index in [9.17, 15) is 18.3 Å². The van der Waals surface area contributed by atoms with Crippen LogP contribution in [0.25, 0.3) is 0 Å². The highest BCUT2D eigenvalue weighted by Gasteiger charge is 2.38. The Kier molecular flexibility index (Phi) is 4.32. The van der Waals surface area contributed by atoms with Crippen LogP contribution in [0.4, 0.5) is 13.2 Å². The summed E-state index contributed by atoms with van der Waals surface area (Å²) in [5.74, 6) is 0.887. The predicted molar refractivity (Wildman–Crippen MR) is 75.6 cm³/mol. The van der Waals surface area contributed by atoms with Crippen molar-refractivity contribution in [2.24, 2.45) is 5.92 Å². The average Bonchev–Trinajstić information content (AvgIpc) is 3.07. The number of hydrogen-bond acceptors (Lipinski definition) is 3. The van der Waals surface area contributed by atoms with Gasteiger partial charge in [0.2, 0.25) is 0 Å². The lowest BCUT2D eigenvalue weighted by molar-refractivity contribution is -0.137. The van der Waals surface area contributed by atoms with Crippen LogP contribution in [-0.4, -0.2) is 41.8 Å². The first-order chi connectivity index (χ1) is 10.4. The summed E-state index contributed by atoms with van der Waals surface area (Å²) in [5, 5.41) is 10.0. The summed E-state index contributed by atoms with van der Waals surface area (Å²) in [6.45, 7) is 1.56. The van der Waals surface area contributed by atoms with Gasteiger partial charge in [-0.3, -0.25) is 4.90 Å². The monoisotopic (exact) mass is 315 g/mol. The number of nitrogens with zero attached hydrogens (tertiary/aromatic N) is 1. The predicted octanol–water partition coefficient (Wildman–Crippen LogP) is 2.93. The quantitative estimate of drug-likeness (QED) is 0.907. The number of ether oxygens (including phenoxy) is 1. The number of aliphatic hydroxyl groups excluding tert-OH is 1. The molecule has 1 aliphatic carbocycles. The number of fused-ring (bicyclic) bond motifs is 2. The van der Waals surface area contributed by atoms with Crippen LogP contribution in [0.3, 0.4) is 0 Å². The normalized spacial score (nSPS) is 26.4. The van der Waals surface area contributed by atoms with Gasteiger partial charge in [-0.05, 0) is 43.4 Å². The number of hydrogen-bond donors (Lipinski definition) is 1. The Labute approximate surface area is 127 Å². The third-order valence-corrected chi connectivity index (χ3v) is 4.57. The molecule has 1 saturated heterocycles. The van der Waals surface area contributed by atoms with Gasteiger partial charge in [-0.1, -0.05) is 6.07 Å². The minimum absolute atomic E-state index is 0.00912. The van der Waals surface area contributed by atoms with Crippen LogP contribution in [0.5, 0.6) is 5.75 Å². The van der Waals surface area contributed by atoms with Crippen molar-refractivity contribution in [1.82, 2.24) is 4.90 Å². The molecule has 1 saturated carbocycles. The van der Waals surface area contributed by atoms with Crippen molar-refractivity contribution in [3.63, 3.8) is 0 Å². The highest BCUT2D eigenvalue weighted by Crippen LogP contribution is 2.37. The van der Waals surface area contributed by atoms with Gasteiger partial charge in [0.1, 0.15) is 18.5 Å². The summed E-state index contributed by atoms with van der Waals surface area (Å²) in [6, 6.07) is 5.31. The van der Waals surface area contributed by atoms with Gasteiger partial charge in [0, 0.05) is 19.1 Å². The number of halogens is 3. The molecule has 22 heavy (non-hydrogen) atoms. The van der Waals surface area contributed by atoms with Crippen LogP contribution in [0.2, 0.25) is 0 Å². The van der Waals surface area contributed by atoms with Gasteiger partial charge in [0.15, 0.2) is 0 Å². The third-order valence-electron chi connectivity index (χ3n) is 4.57. The van der Waals surface area contributed by atoms with E-state index in [2.05, 4.69) is 4.90 Å². The number of alkyl halides is 3. The first-order valence-corrected chi connectivity index (χ1v) is 7.64. The molecule has 3 unspecified atom stereocenters. The Hall–Kier alpha value is -1.27. The lowest BCUT2D eigenvalue weighted by atomic mass is 10.1. The van der Waals surface area contributed by atoms with Crippen molar-refractivity contribution in [1.29, 1.82) is 0 Å². The number of β-amino-alcohol motifs (C(OH)–C–C–N with tert-alkyl or cyclic N) is 1. The number of benzene rings is 1. The van der Waals surface area contributed by atoms with E-state index in [1.165, 1.54) is 31.4 Å². The second-order valence-electron chi connectivity index (χ2n) is 6.28. The van der Waals surface area contributed by atoms with E-state index in [4.69, 9.17) is 4.74 Å². The highest BCUT2D eigenvalue weighted by molar-refractivity contribution is 5.30. The Balaban J connectivity index is 1.50. The minimum Gasteiger partial charge on any atom is -0.491 e. The summed E-state index contributed by atoms with van der Waals surface area (Å²) in [4.78, 5) is 2.27. The number of piperidine rings is 1. The minimum atomic E-state index is -4.38. The lowest BCUT2D eigenvalue weighted by Crippen LogP contribution is -2.40. The fraction of sp³-hybridized carbons (Fsp3) is 0.625. The van der Waals surface area contributed by atoms with E-state index >= 15 is 0 Å². The molecular weight excluding hydrogens is 295 g/mol. The molecule has 2 aliphatic rings. The van der Waals surface area contributed by atoms with Crippen molar-refractivity contribution < 1.29 is 23.0 Å². The van der Waals surface area contributed by atoms with E-state index in [0.29, 0.717) is 12.6 Å². The van der Waals surface area contributed by atoms with Crippen LogP contribution in [0.1, 0.15) is 24.8 Å². The topological polar surface area (TPSA) is 32.7 Å². The molecule has 6 heteroatoms. The fourth-order valence-corrected chi connectivity index (χ4v) is 3.53. The zero-order valence-corrected chi connectivity index (χ0v) is 12.2. The molecule has 1 aromatic rings. The van der Waals surface area contributed by atoms with Crippen molar-refractivity contribution in [2.75, 3.05) is 19.7 Å². The van der Waals surface area contributed by atoms with Crippen LogP contribution in [0, 0.1) is 5.92 Å². The molecule has 2 fully saturated rings. The second-order valence-corrected chi connectivity index (χ2v) is 6.28. The molecule has 0 radical (unpaired) electrons. The first kappa shape index (κ1) is 15.6. The van der Waals surface area contributed by atoms with E-state index in [-0.39, 0.29) is 12.4 Å². The van der Waals surface area contributed by atoms with Crippen LogP contribution in [0.15, 0.2) is 24.3 Å². The molecule has 0 spiro atoms. The lowest BCUT2D eigenvalue weighted by Gasteiger charge is -2.28. The maximum Gasteiger partial charge on any atom is 0.416 e. The molecule has 1 N–H and O–H groups in total. The summed E-state index contributed by atoms with van der Waals surface area (Å²) in [5.41, 5.74) is -0.739. The SMILES string of the molecule is OC(COc1cccc(C(F)(F)F)c1)CN1CC2CCC1C2. The zero-order valence-electron chi connectivity index (χ0n) is 12.2. The van der Waals surface area contributed by atoms with E-state index in [1.807, 2.05) is 0 Å². The van der Waals surface area contributed by atoms with Gasteiger partial charge >= 0.3 is 6.18 Å². The van der Waals surface area contributed by atoms with Gasteiger partial charge in [-0.2, -0.15) is 13.2 Å². The summed E-state index contributed by atoms with van der Waals surface area (Å²) in [7, 11) is 0. The largest absolute Gasteiger partial charge is 0.491 e. The molecule has 1 aromatic carbocycles. The maximum absolute atomic E-state index is 12.6. The first-order valence-electron chi connectivity index (χ1n) is 7.64. The van der Waals surface area contributed by atoms with Gasteiger partial charge in [-0.25, -0.2) is 0 Å². The third kappa shape index (κ3) is 3.55. The Morgan fingerprint density at radius 3 is 2.77 bits per heavy atom. The van der Waals surface area contributed by atoms with Gasteiger partial charge in [0.25, 0.3) is 0 Å². The molecule has 1 heterocycles. The van der Waals surface area contributed by atoms with E-state index < -0.39 is 17.8 Å². The van der Waals surface area contributed by atoms with Crippen molar-refractivity contribution in [3.8, 4) is 5.75 Å². The molecule has 2 bridgehead atoms. The highest BCUT2D eigenvalue weighted by atomic mass is 19.4. The van der Waals surface area contributed by atoms with Crippen LogP contribution in [-0.2, 0) is 6.18 Å². The molecule has 1 aliphatic heterocycles. The van der Waals surface area contributed by atoms with Gasteiger partial charge in [-0.15, -0.1) is 0 Å². The average molecular weight is 315 g/mol. The Morgan fingerprint density at radius 2 is 2.14 bits per heavy atom. The molecule has 3 rings (SSSR count). The summed E-state index contributed by atoms with van der Waals surface area (Å²) < 4.78 is 43.2. The molecule has 3 nitrogen and oxygen atoms in total. The Morgan fingerprint density at radius 1 is 1.32 bits per heavy atom. The number of rotatable bonds is 5. The smallest absolute Gasteiger partial charge is 0.416 e. The number of aliphatic hydroxyl groups is 1. The van der Waals surface area contributed by atoms with Crippen molar-refractivity contribution >= 4 is 0 Å². The summed E-state index contributed by atoms with van der Waals surface area (Å²) in [6.07, 6.45) is -1.40. The van der Waals surface area contributed by atoms with Gasteiger partial charge < -0.3 is 9.84 Å². The van der Waals surface area contributed by atoms with Crippen molar-refractivity contribution in [3.05, 3.63) is 29.8 Å². The molecular formula is C16H20F3NO2. The molecule has 0 amide bonds. The van der Waals surface area contributed by atoms with Gasteiger partial charge in [0.05, 0.1) is 5.56 Å². The fourth-order valence-electron chi connectivity index (χ4n) is 3.53. The standard InChI is InChI=1S/C16H20F3NO2/c17-16(18,19)12-2-1-3-15(7-12)22-10-14(21)9-20-8-11-4-5-13(20)6-11/h1-3,7,11,13-14,21H,4-6,8-10H2. The van der Waals surface area contributed by atoms with E-state index in [0.717, 1.165) is 24.6 Å². The van der Waals surface area contributed by atoms with Crippen LogP contribution >= 0.6 is 0 Å².